The van der Waals surface area contributed by atoms with Crippen molar-refractivity contribution in [2.75, 3.05) is 11.9 Å². The van der Waals surface area contributed by atoms with Crippen LogP contribution in [0, 0.1) is 11.8 Å². The molecule has 0 aliphatic heterocycles. The third-order valence-corrected chi connectivity index (χ3v) is 8.12. The Labute approximate surface area is 204 Å². The van der Waals surface area contributed by atoms with Crippen LogP contribution in [-0.4, -0.2) is 29.6 Å². The summed E-state index contributed by atoms with van der Waals surface area (Å²) in [6.45, 7) is 1.98. The first-order chi connectivity index (χ1) is 16.5. The number of carboxylic acid groups (broad SMARTS) is 1. The molecular weight excluding hydrogens is 450 g/mol. The number of carboxylic acids is 1. The zero-order valence-corrected chi connectivity index (χ0v) is 20.5. The van der Waals surface area contributed by atoms with Gasteiger partial charge in [-0.2, -0.15) is 0 Å². The van der Waals surface area contributed by atoms with Gasteiger partial charge in [-0.3, -0.25) is 9.59 Å². The van der Waals surface area contributed by atoms with Gasteiger partial charge in [0.05, 0.1) is 18.4 Å². The third-order valence-electron chi connectivity index (χ3n) is 7.23. The van der Waals surface area contributed by atoms with Crippen molar-refractivity contribution < 1.29 is 24.2 Å². The molecule has 0 spiro atoms. The number of carbonyl (C=O) groups excluding carboxylic acids is 2. The Bertz CT molecular complexity index is 1020. The Morgan fingerprint density at radius 1 is 0.971 bits per heavy atom. The number of benzene rings is 1. The van der Waals surface area contributed by atoms with Gasteiger partial charge in [-0.15, -0.1) is 11.3 Å². The Morgan fingerprint density at radius 2 is 1.62 bits per heavy atom. The van der Waals surface area contributed by atoms with Gasteiger partial charge >= 0.3 is 11.9 Å². The highest BCUT2D eigenvalue weighted by atomic mass is 32.1. The quantitative estimate of drug-likeness (QED) is 0.440. The van der Waals surface area contributed by atoms with Crippen molar-refractivity contribution in [2.45, 2.75) is 70.6 Å². The van der Waals surface area contributed by atoms with Crippen molar-refractivity contribution in [2.24, 2.45) is 11.8 Å². The minimum atomic E-state index is -0.935. The van der Waals surface area contributed by atoms with Gasteiger partial charge in [-0.1, -0.05) is 56.4 Å². The van der Waals surface area contributed by atoms with Crippen molar-refractivity contribution in [1.82, 2.24) is 0 Å². The lowest BCUT2D eigenvalue weighted by molar-refractivity contribution is -0.147. The molecule has 2 aliphatic carbocycles. The van der Waals surface area contributed by atoms with Crippen LogP contribution in [0.15, 0.2) is 29.6 Å². The van der Waals surface area contributed by atoms with Crippen molar-refractivity contribution in [3.05, 3.63) is 40.8 Å². The van der Waals surface area contributed by atoms with Crippen LogP contribution in [0.1, 0.15) is 86.6 Å². The molecule has 0 bridgehead atoms. The largest absolute Gasteiger partial charge is 0.481 e. The Morgan fingerprint density at radius 3 is 2.26 bits per heavy atom. The normalized spacial score (nSPS) is 21.1. The van der Waals surface area contributed by atoms with E-state index in [1.807, 2.05) is 17.5 Å². The molecule has 1 aromatic heterocycles. The molecule has 6 nitrogen and oxygen atoms in total. The number of amides is 1. The minimum Gasteiger partial charge on any atom is -0.481 e. The summed E-state index contributed by atoms with van der Waals surface area (Å²) in [7, 11) is 0. The van der Waals surface area contributed by atoms with E-state index in [1.54, 1.807) is 6.92 Å². The van der Waals surface area contributed by atoms with Gasteiger partial charge in [0.1, 0.15) is 10.6 Å². The predicted octanol–water partition coefficient (Wildman–Crippen LogP) is 6.47. The number of aliphatic carboxylic acids is 1. The predicted molar refractivity (Wildman–Crippen MR) is 133 cm³/mol. The SMILES string of the molecule is CCOC(=O)c1c(-c2ccc(C3CCCCC3)cc2)csc1NC(=O)[C@@H]1CCCC[C@H]1C(=O)O. The molecule has 182 valence electrons. The van der Waals surface area contributed by atoms with Gasteiger partial charge in [-0.05, 0) is 49.7 Å². The molecule has 2 aromatic rings. The lowest BCUT2D eigenvalue weighted by atomic mass is 9.78. The molecule has 2 atom stereocenters. The molecule has 1 amide bonds. The fourth-order valence-corrected chi connectivity index (χ4v) is 6.34. The number of thiophene rings is 1. The van der Waals surface area contributed by atoms with E-state index in [9.17, 15) is 19.5 Å². The summed E-state index contributed by atoms with van der Waals surface area (Å²) in [6.07, 6.45) is 8.99. The lowest BCUT2D eigenvalue weighted by Gasteiger charge is -2.27. The van der Waals surface area contributed by atoms with Crippen LogP contribution in [-0.2, 0) is 14.3 Å². The van der Waals surface area contributed by atoms with E-state index in [-0.39, 0.29) is 12.5 Å². The van der Waals surface area contributed by atoms with Gasteiger partial charge in [0, 0.05) is 10.9 Å². The second-order valence-electron chi connectivity index (χ2n) is 9.36. The summed E-state index contributed by atoms with van der Waals surface area (Å²) in [6, 6.07) is 8.38. The highest BCUT2D eigenvalue weighted by molar-refractivity contribution is 7.15. The summed E-state index contributed by atoms with van der Waals surface area (Å²) < 4.78 is 5.32. The average Bonchev–Trinajstić information content (AvgIpc) is 3.28. The second kappa shape index (κ2) is 11.2. The molecule has 2 aliphatic rings. The van der Waals surface area contributed by atoms with Crippen LogP contribution in [0.25, 0.3) is 11.1 Å². The highest BCUT2D eigenvalue weighted by Gasteiger charge is 2.36. The highest BCUT2D eigenvalue weighted by Crippen LogP contribution is 2.39. The Kier molecular flexibility index (Phi) is 8.03. The molecule has 0 radical (unpaired) electrons. The fourth-order valence-electron chi connectivity index (χ4n) is 5.38. The Hall–Kier alpha value is -2.67. The number of esters is 1. The summed E-state index contributed by atoms with van der Waals surface area (Å²) >= 11 is 1.28. The number of ether oxygens (including phenoxy) is 1. The van der Waals surface area contributed by atoms with Crippen molar-refractivity contribution in [3.63, 3.8) is 0 Å². The smallest absolute Gasteiger partial charge is 0.341 e. The summed E-state index contributed by atoms with van der Waals surface area (Å²) in [5, 5.41) is 14.7. The van der Waals surface area contributed by atoms with Crippen molar-refractivity contribution in [1.29, 1.82) is 0 Å². The van der Waals surface area contributed by atoms with Gasteiger partial charge in [0.2, 0.25) is 5.91 Å². The zero-order valence-electron chi connectivity index (χ0n) is 19.7. The maximum absolute atomic E-state index is 13.1. The number of carbonyl (C=O) groups is 3. The first kappa shape index (κ1) is 24.5. The molecule has 34 heavy (non-hydrogen) atoms. The average molecular weight is 484 g/mol. The molecule has 1 heterocycles. The van der Waals surface area contributed by atoms with Gasteiger partial charge < -0.3 is 15.2 Å². The number of hydrogen-bond donors (Lipinski definition) is 2. The van der Waals surface area contributed by atoms with E-state index in [2.05, 4.69) is 17.4 Å². The van der Waals surface area contributed by atoms with E-state index in [0.717, 1.165) is 24.0 Å². The van der Waals surface area contributed by atoms with E-state index in [4.69, 9.17) is 4.74 Å². The van der Waals surface area contributed by atoms with Crippen LogP contribution >= 0.6 is 11.3 Å². The number of hydrogen-bond acceptors (Lipinski definition) is 5. The summed E-state index contributed by atoms with van der Waals surface area (Å²) in [5.41, 5.74) is 3.31. The van der Waals surface area contributed by atoms with Crippen molar-refractivity contribution >= 4 is 34.2 Å². The van der Waals surface area contributed by atoms with E-state index in [0.29, 0.717) is 29.3 Å². The van der Waals surface area contributed by atoms with Crippen molar-refractivity contribution in [3.8, 4) is 11.1 Å². The van der Waals surface area contributed by atoms with Gasteiger partial charge in [0.15, 0.2) is 0 Å². The van der Waals surface area contributed by atoms with Crippen LogP contribution < -0.4 is 5.32 Å². The zero-order chi connectivity index (χ0) is 24.1. The molecule has 2 N–H and O–H groups in total. The second-order valence-corrected chi connectivity index (χ2v) is 10.2. The van der Waals surface area contributed by atoms with Crippen LogP contribution in [0.3, 0.4) is 0 Å². The number of anilines is 1. The summed E-state index contributed by atoms with van der Waals surface area (Å²) in [4.78, 5) is 37.6. The topological polar surface area (TPSA) is 92.7 Å². The molecule has 2 fully saturated rings. The third kappa shape index (κ3) is 5.35. The maximum atomic E-state index is 13.1. The van der Waals surface area contributed by atoms with Gasteiger partial charge in [0.25, 0.3) is 0 Å². The summed E-state index contributed by atoms with van der Waals surface area (Å²) in [5.74, 6) is -2.44. The molecular formula is C27H33NO5S. The molecule has 4 rings (SSSR count). The monoisotopic (exact) mass is 483 g/mol. The first-order valence-corrected chi connectivity index (χ1v) is 13.3. The molecule has 2 saturated carbocycles. The number of rotatable bonds is 7. The minimum absolute atomic E-state index is 0.228. The van der Waals surface area contributed by atoms with Crippen LogP contribution in [0.2, 0.25) is 0 Å². The number of nitrogens with one attached hydrogen (secondary N) is 1. The maximum Gasteiger partial charge on any atom is 0.341 e. The lowest BCUT2D eigenvalue weighted by Crippen LogP contribution is -2.36. The van der Waals surface area contributed by atoms with Crippen LogP contribution in [0.4, 0.5) is 5.00 Å². The standard InChI is InChI=1S/C27H33NO5S/c1-2-33-27(32)23-22(19-14-12-18(13-15-19)17-8-4-3-5-9-17)16-34-25(23)28-24(29)20-10-6-7-11-21(20)26(30)31/h12-17,20-21H,2-11H2,1H3,(H,28,29)(H,30,31)/t20-,21-/m1/s1. The van der Waals surface area contributed by atoms with Gasteiger partial charge in [-0.25, -0.2) is 4.79 Å². The molecule has 0 unspecified atom stereocenters. The van der Waals surface area contributed by atoms with E-state index in [1.165, 1.54) is 49.0 Å². The van der Waals surface area contributed by atoms with E-state index < -0.39 is 23.8 Å². The first-order valence-electron chi connectivity index (χ1n) is 12.4. The molecule has 7 heteroatoms. The van der Waals surface area contributed by atoms with Crippen LogP contribution in [0.5, 0.6) is 0 Å². The fraction of sp³-hybridized carbons (Fsp3) is 0.519. The Balaban J connectivity index is 1.59. The molecule has 1 aromatic carbocycles. The molecule has 0 saturated heterocycles. The van der Waals surface area contributed by atoms with E-state index >= 15 is 0 Å².